The minimum Gasteiger partial charge on any atom is -0.385 e. The molecule has 1 N–H and O–H groups in total. The number of aromatic nitrogens is 3. The lowest BCUT2D eigenvalue weighted by Crippen LogP contribution is -2.15. The van der Waals surface area contributed by atoms with Crippen LogP contribution in [-0.4, -0.2) is 21.3 Å². The van der Waals surface area contributed by atoms with Crippen LogP contribution in [0.15, 0.2) is 49.1 Å². The van der Waals surface area contributed by atoms with E-state index < -0.39 is 0 Å². The van der Waals surface area contributed by atoms with Gasteiger partial charge in [-0.3, -0.25) is 0 Å². The van der Waals surface area contributed by atoms with E-state index in [-0.39, 0.29) is 0 Å². The van der Waals surface area contributed by atoms with Crippen molar-refractivity contribution in [2.24, 2.45) is 5.92 Å². The van der Waals surface area contributed by atoms with E-state index in [2.05, 4.69) is 51.9 Å². The molecular weight excluding hydrogens is 248 g/mol. The summed E-state index contributed by atoms with van der Waals surface area (Å²) in [7, 11) is 0. The summed E-state index contributed by atoms with van der Waals surface area (Å²) < 4.78 is 1.98. The molecule has 2 aromatic rings. The molecule has 0 unspecified atom stereocenters. The number of nitrogens with zero attached hydrogens (tertiary/aromatic N) is 3. The molecule has 1 atom stereocenters. The fraction of sp³-hybridized carbons (Fsp3) is 0.375. The Morgan fingerprint density at radius 2 is 2.10 bits per heavy atom. The molecule has 1 aliphatic rings. The summed E-state index contributed by atoms with van der Waals surface area (Å²) in [5.74, 6) is 0.765. The molecular formula is C16H20N4. The van der Waals surface area contributed by atoms with Gasteiger partial charge in [0.1, 0.15) is 12.7 Å². The molecule has 0 radical (unpaired) electrons. The second kappa shape index (κ2) is 6.37. The van der Waals surface area contributed by atoms with Gasteiger partial charge >= 0.3 is 0 Å². The molecule has 1 aliphatic carbocycles. The quantitative estimate of drug-likeness (QED) is 0.847. The van der Waals surface area contributed by atoms with Gasteiger partial charge < -0.3 is 9.88 Å². The zero-order valence-corrected chi connectivity index (χ0v) is 11.6. The van der Waals surface area contributed by atoms with Crippen LogP contribution in [0.2, 0.25) is 0 Å². The van der Waals surface area contributed by atoms with E-state index in [1.165, 1.54) is 30.5 Å². The summed E-state index contributed by atoms with van der Waals surface area (Å²) in [4.78, 5) is 0. The molecule has 0 saturated heterocycles. The Balaban J connectivity index is 1.58. The molecule has 1 aromatic heterocycles. The first-order valence-corrected chi connectivity index (χ1v) is 7.20. The maximum absolute atomic E-state index is 3.83. The lowest BCUT2D eigenvalue weighted by Gasteiger charge is -2.19. The van der Waals surface area contributed by atoms with Gasteiger partial charge in [-0.1, -0.05) is 24.3 Å². The number of hydrogen-bond acceptors (Lipinski definition) is 3. The number of rotatable bonds is 5. The zero-order valence-electron chi connectivity index (χ0n) is 11.6. The Hall–Kier alpha value is -2.10. The van der Waals surface area contributed by atoms with Crippen LogP contribution in [0.25, 0.3) is 0 Å². The molecule has 20 heavy (non-hydrogen) atoms. The lowest BCUT2D eigenvalue weighted by molar-refractivity contribution is 0.504. The van der Waals surface area contributed by atoms with Crippen molar-refractivity contribution in [1.29, 1.82) is 0 Å². The van der Waals surface area contributed by atoms with Crippen LogP contribution < -0.4 is 5.32 Å². The van der Waals surface area contributed by atoms with E-state index in [0.717, 1.165) is 19.0 Å². The van der Waals surface area contributed by atoms with Crippen LogP contribution in [0.5, 0.6) is 0 Å². The van der Waals surface area contributed by atoms with Crippen molar-refractivity contribution in [3.63, 3.8) is 0 Å². The number of hydrogen-bond donors (Lipinski definition) is 1. The predicted octanol–water partition coefficient (Wildman–Crippen LogP) is 3.09. The van der Waals surface area contributed by atoms with Crippen molar-refractivity contribution in [2.45, 2.75) is 25.8 Å². The van der Waals surface area contributed by atoms with Crippen molar-refractivity contribution in [1.82, 2.24) is 14.8 Å². The Labute approximate surface area is 119 Å². The fourth-order valence-electron chi connectivity index (χ4n) is 2.60. The molecule has 4 heteroatoms. The minimum absolute atomic E-state index is 0.765. The van der Waals surface area contributed by atoms with Crippen molar-refractivity contribution in [2.75, 3.05) is 11.9 Å². The molecule has 0 spiro atoms. The highest BCUT2D eigenvalue weighted by atomic mass is 15.2. The van der Waals surface area contributed by atoms with Crippen LogP contribution >= 0.6 is 0 Å². The molecule has 0 amide bonds. The number of nitrogens with one attached hydrogen (secondary N) is 1. The van der Waals surface area contributed by atoms with Crippen LogP contribution in [0.3, 0.4) is 0 Å². The maximum atomic E-state index is 3.83. The van der Waals surface area contributed by atoms with Gasteiger partial charge in [0, 0.05) is 12.2 Å². The Morgan fingerprint density at radius 3 is 2.90 bits per heavy atom. The highest BCUT2D eigenvalue weighted by Crippen LogP contribution is 2.19. The van der Waals surface area contributed by atoms with Gasteiger partial charge in [0.05, 0.1) is 6.54 Å². The highest BCUT2D eigenvalue weighted by Gasteiger charge is 2.09. The second-order valence-electron chi connectivity index (χ2n) is 5.37. The average Bonchev–Trinajstić information content (AvgIpc) is 3.00. The first kappa shape index (κ1) is 12.9. The molecule has 1 aromatic carbocycles. The van der Waals surface area contributed by atoms with E-state index in [4.69, 9.17) is 0 Å². The fourth-order valence-corrected chi connectivity index (χ4v) is 2.60. The Kier molecular flexibility index (Phi) is 4.11. The maximum Gasteiger partial charge on any atom is 0.119 e. The van der Waals surface area contributed by atoms with Gasteiger partial charge in [0.25, 0.3) is 0 Å². The van der Waals surface area contributed by atoms with Crippen molar-refractivity contribution in [3.05, 3.63) is 54.6 Å². The average molecular weight is 268 g/mol. The largest absolute Gasteiger partial charge is 0.385 e. The summed E-state index contributed by atoms with van der Waals surface area (Å²) in [6, 6.07) is 8.57. The van der Waals surface area contributed by atoms with Crippen LogP contribution in [-0.2, 0) is 6.54 Å². The summed E-state index contributed by atoms with van der Waals surface area (Å²) in [5.41, 5.74) is 2.46. The van der Waals surface area contributed by atoms with E-state index in [1.807, 2.05) is 4.57 Å². The standard InChI is InChI=1S/C16H20N4/c1-2-5-14(6-3-1)10-17-16-8-4-7-15(9-16)11-20-12-18-19-13-20/h1-2,4,7-9,12-14,17H,3,5-6,10-11H2/t14-/m1/s1. The second-order valence-corrected chi connectivity index (χ2v) is 5.37. The molecule has 0 saturated carbocycles. The first-order chi connectivity index (χ1) is 9.90. The molecule has 0 fully saturated rings. The number of anilines is 1. The van der Waals surface area contributed by atoms with Gasteiger partial charge in [0.15, 0.2) is 0 Å². The SMILES string of the molecule is C1=CC[C@@H](CNc2cccc(Cn3cnnc3)c2)CC1. The third-order valence-electron chi connectivity index (χ3n) is 3.73. The summed E-state index contributed by atoms with van der Waals surface area (Å²) in [6.45, 7) is 1.87. The Morgan fingerprint density at radius 1 is 1.20 bits per heavy atom. The topological polar surface area (TPSA) is 42.7 Å². The van der Waals surface area contributed by atoms with Crippen LogP contribution in [0.4, 0.5) is 5.69 Å². The van der Waals surface area contributed by atoms with Gasteiger partial charge in [-0.15, -0.1) is 10.2 Å². The predicted molar refractivity (Wildman–Crippen MR) is 80.5 cm³/mol. The number of benzene rings is 1. The molecule has 0 aliphatic heterocycles. The van der Waals surface area contributed by atoms with Crippen molar-refractivity contribution < 1.29 is 0 Å². The highest BCUT2D eigenvalue weighted by molar-refractivity contribution is 5.45. The summed E-state index contributed by atoms with van der Waals surface area (Å²) >= 11 is 0. The molecule has 3 rings (SSSR count). The van der Waals surface area contributed by atoms with E-state index in [1.54, 1.807) is 12.7 Å². The molecule has 104 valence electrons. The summed E-state index contributed by atoms with van der Waals surface area (Å²) in [5, 5.41) is 11.2. The van der Waals surface area contributed by atoms with E-state index in [9.17, 15) is 0 Å². The number of allylic oxidation sites excluding steroid dienone is 2. The van der Waals surface area contributed by atoms with E-state index >= 15 is 0 Å². The molecule has 0 bridgehead atoms. The Bertz CT molecular complexity index is 560. The normalized spacial score (nSPS) is 18.1. The van der Waals surface area contributed by atoms with E-state index in [0.29, 0.717) is 0 Å². The van der Waals surface area contributed by atoms with Gasteiger partial charge in [0.2, 0.25) is 0 Å². The third kappa shape index (κ3) is 3.47. The van der Waals surface area contributed by atoms with Crippen molar-refractivity contribution >= 4 is 5.69 Å². The molecule has 1 heterocycles. The van der Waals surface area contributed by atoms with Gasteiger partial charge in [-0.05, 0) is 42.9 Å². The summed E-state index contributed by atoms with van der Waals surface area (Å²) in [6.07, 6.45) is 11.8. The van der Waals surface area contributed by atoms with Crippen LogP contribution in [0, 0.1) is 5.92 Å². The van der Waals surface area contributed by atoms with Crippen LogP contribution in [0.1, 0.15) is 24.8 Å². The first-order valence-electron chi connectivity index (χ1n) is 7.20. The minimum atomic E-state index is 0.765. The monoisotopic (exact) mass is 268 g/mol. The molecule has 4 nitrogen and oxygen atoms in total. The lowest BCUT2D eigenvalue weighted by atomic mass is 9.94. The van der Waals surface area contributed by atoms with Gasteiger partial charge in [-0.25, -0.2) is 0 Å². The zero-order chi connectivity index (χ0) is 13.6. The van der Waals surface area contributed by atoms with Crippen molar-refractivity contribution in [3.8, 4) is 0 Å². The third-order valence-corrected chi connectivity index (χ3v) is 3.73. The van der Waals surface area contributed by atoms with Gasteiger partial charge in [-0.2, -0.15) is 0 Å². The smallest absolute Gasteiger partial charge is 0.119 e.